The molecule has 2 aliphatic heterocycles. The van der Waals surface area contributed by atoms with Crippen LogP contribution in [0.1, 0.15) is 38.3 Å². The molecule has 4 rings (SSSR count). The van der Waals surface area contributed by atoms with Crippen molar-refractivity contribution in [3.05, 3.63) is 65.0 Å². The monoisotopic (exact) mass is 517 g/mol. The van der Waals surface area contributed by atoms with Crippen LogP contribution in [0.4, 0.5) is 14.9 Å². The first-order valence-electron chi connectivity index (χ1n) is 11.4. The number of halogens is 1. The first-order chi connectivity index (χ1) is 16.9. The second-order valence-electron chi connectivity index (χ2n) is 9.58. The number of hydrogen-bond donors (Lipinski definition) is 1. The molecule has 192 valence electrons. The van der Waals surface area contributed by atoms with Crippen LogP contribution >= 0.6 is 0 Å². The van der Waals surface area contributed by atoms with Gasteiger partial charge in [-0.05, 0) is 50.5 Å². The van der Waals surface area contributed by atoms with E-state index in [-0.39, 0.29) is 30.2 Å². The van der Waals surface area contributed by atoms with Crippen LogP contribution in [0.2, 0.25) is 0 Å². The molecule has 2 fully saturated rings. The van der Waals surface area contributed by atoms with E-state index in [2.05, 4.69) is 0 Å². The molecule has 11 heteroatoms. The van der Waals surface area contributed by atoms with Gasteiger partial charge in [-0.3, -0.25) is 4.79 Å². The molecule has 9 nitrogen and oxygen atoms in total. The highest BCUT2D eigenvalue weighted by Crippen LogP contribution is 2.37. The molecule has 0 saturated carbocycles. The summed E-state index contributed by atoms with van der Waals surface area (Å²) in [6.07, 6.45) is 1.65. The summed E-state index contributed by atoms with van der Waals surface area (Å²) in [4.78, 5) is 25.7. The van der Waals surface area contributed by atoms with E-state index in [0.29, 0.717) is 17.3 Å². The Labute approximate surface area is 209 Å². The van der Waals surface area contributed by atoms with Gasteiger partial charge in [-0.15, -0.1) is 0 Å². The van der Waals surface area contributed by atoms with Gasteiger partial charge < -0.3 is 14.4 Å². The van der Waals surface area contributed by atoms with Crippen molar-refractivity contribution in [3.63, 3.8) is 0 Å². The Morgan fingerprint density at radius 2 is 1.86 bits per heavy atom. The van der Waals surface area contributed by atoms with E-state index in [1.54, 1.807) is 26.8 Å². The minimum Gasteiger partial charge on any atom is -0.487 e. The van der Waals surface area contributed by atoms with Crippen molar-refractivity contribution in [3.8, 4) is 5.75 Å². The normalized spacial score (nSPS) is 18.4. The SMILES string of the molecule is CC(C)(C)OC(=O)N1CCC(=Cc2ccc(OCc3ccccc3)c(N3CC(=O)NS3(=O)=O)c2F)C1. The molecule has 0 atom stereocenters. The third kappa shape index (κ3) is 5.78. The number of nitrogens with one attached hydrogen (secondary N) is 1. The number of ether oxygens (including phenoxy) is 2. The number of anilines is 1. The summed E-state index contributed by atoms with van der Waals surface area (Å²) < 4.78 is 54.6. The molecule has 0 bridgehead atoms. The van der Waals surface area contributed by atoms with Crippen molar-refractivity contribution in [1.82, 2.24) is 9.62 Å². The van der Waals surface area contributed by atoms with Crippen molar-refractivity contribution < 1.29 is 31.9 Å². The van der Waals surface area contributed by atoms with Crippen LogP contribution in [-0.2, 0) is 26.3 Å². The predicted molar refractivity (Wildman–Crippen MR) is 132 cm³/mol. The lowest BCUT2D eigenvalue weighted by molar-refractivity contribution is -0.117. The lowest BCUT2D eigenvalue weighted by Crippen LogP contribution is -2.34. The van der Waals surface area contributed by atoms with Crippen LogP contribution in [0, 0.1) is 5.82 Å². The van der Waals surface area contributed by atoms with Crippen LogP contribution in [0.25, 0.3) is 6.08 Å². The Hall–Kier alpha value is -3.60. The topological polar surface area (TPSA) is 105 Å². The van der Waals surface area contributed by atoms with Crippen molar-refractivity contribution in [2.24, 2.45) is 0 Å². The highest BCUT2D eigenvalue weighted by atomic mass is 32.2. The number of amides is 2. The minimum atomic E-state index is -4.28. The molecule has 0 aromatic heterocycles. The minimum absolute atomic E-state index is 0.0135. The molecule has 2 saturated heterocycles. The average Bonchev–Trinajstić information content (AvgIpc) is 3.36. The van der Waals surface area contributed by atoms with Gasteiger partial charge in [-0.2, -0.15) is 8.42 Å². The standard InChI is InChI=1S/C25H28FN3O6S/c1-25(2,3)35-24(31)28-12-11-18(14-28)13-19-9-10-20(34-16-17-7-5-4-6-8-17)23(22(19)26)29-15-21(30)27-36(29,32)33/h4-10,13H,11-12,14-16H2,1-3H3,(H,27,30). The maximum Gasteiger partial charge on any atom is 0.410 e. The Morgan fingerprint density at radius 3 is 2.50 bits per heavy atom. The molecular weight excluding hydrogens is 489 g/mol. The summed E-state index contributed by atoms with van der Waals surface area (Å²) >= 11 is 0. The van der Waals surface area contributed by atoms with Gasteiger partial charge in [0.2, 0.25) is 0 Å². The Morgan fingerprint density at radius 1 is 1.14 bits per heavy atom. The van der Waals surface area contributed by atoms with Gasteiger partial charge in [-0.1, -0.05) is 36.4 Å². The summed E-state index contributed by atoms with van der Waals surface area (Å²) in [5, 5.41) is 0. The fourth-order valence-corrected chi connectivity index (χ4v) is 5.07. The van der Waals surface area contributed by atoms with Crippen molar-refractivity contribution >= 4 is 34.0 Å². The van der Waals surface area contributed by atoms with Crippen LogP contribution in [-0.4, -0.2) is 50.6 Å². The van der Waals surface area contributed by atoms with Crippen LogP contribution < -0.4 is 13.8 Å². The number of likely N-dealkylation sites (tertiary alicyclic amines) is 1. The summed E-state index contributed by atoms with van der Waals surface area (Å²) in [6, 6.07) is 12.1. The van der Waals surface area contributed by atoms with E-state index in [1.807, 2.05) is 35.1 Å². The molecule has 0 radical (unpaired) electrons. The van der Waals surface area contributed by atoms with E-state index in [4.69, 9.17) is 9.47 Å². The maximum absolute atomic E-state index is 15.8. The fraction of sp³-hybridized carbons (Fsp3) is 0.360. The third-order valence-electron chi connectivity index (χ3n) is 5.52. The van der Waals surface area contributed by atoms with Crippen molar-refractivity contribution in [1.29, 1.82) is 0 Å². The smallest absolute Gasteiger partial charge is 0.410 e. The summed E-state index contributed by atoms with van der Waals surface area (Å²) in [5.41, 5.74) is 0.726. The van der Waals surface area contributed by atoms with Crippen molar-refractivity contribution in [2.75, 3.05) is 23.9 Å². The third-order valence-corrected chi connectivity index (χ3v) is 6.90. The quantitative estimate of drug-likeness (QED) is 0.650. The Bertz CT molecular complexity index is 1310. The van der Waals surface area contributed by atoms with E-state index in [9.17, 15) is 18.0 Å². The number of hydrogen-bond acceptors (Lipinski definition) is 6. The van der Waals surface area contributed by atoms with Gasteiger partial charge in [0, 0.05) is 18.7 Å². The molecule has 2 aliphatic rings. The second kappa shape index (κ2) is 9.81. The largest absolute Gasteiger partial charge is 0.487 e. The Kier molecular flexibility index (Phi) is 6.94. The van der Waals surface area contributed by atoms with E-state index >= 15 is 4.39 Å². The van der Waals surface area contributed by atoms with Gasteiger partial charge in [0.15, 0.2) is 5.82 Å². The molecule has 2 aromatic rings. The van der Waals surface area contributed by atoms with Gasteiger partial charge >= 0.3 is 16.3 Å². The highest BCUT2D eigenvalue weighted by Gasteiger charge is 2.38. The molecule has 2 amide bonds. The number of carbonyl (C=O) groups excluding carboxylic acids is 2. The van der Waals surface area contributed by atoms with Crippen LogP contribution in [0.3, 0.4) is 0 Å². The zero-order valence-corrected chi connectivity index (χ0v) is 21.1. The van der Waals surface area contributed by atoms with Gasteiger partial charge in [-0.25, -0.2) is 18.2 Å². The zero-order valence-electron chi connectivity index (χ0n) is 20.3. The molecule has 0 spiro atoms. The number of rotatable bonds is 5. The van der Waals surface area contributed by atoms with E-state index in [1.165, 1.54) is 17.0 Å². The molecule has 0 unspecified atom stereocenters. The van der Waals surface area contributed by atoms with Gasteiger partial charge in [0.05, 0.1) is 0 Å². The lowest BCUT2D eigenvalue weighted by atomic mass is 10.1. The Balaban J connectivity index is 1.64. The summed E-state index contributed by atoms with van der Waals surface area (Å²) in [7, 11) is -4.28. The fourth-order valence-electron chi connectivity index (χ4n) is 3.91. The number of benzene rings is 2. The van der Waals surface area contributed by atoms with Gasteiger partial charge in [0.1, 0.15) is 30.2 Å². The summed E-state index contributed by atoms with van der Waals surface area (Å²) in [5.74, 6) is -1.62. The molecular formula is C25H28FN3O6S. The first-order valence-corrected chi connectivity index (χ1v) is 12.9. The first kappa shape index (κ1) is 25.5. The molecule has 0 aliphatic carbocycles. The van der Waals surface area contributed by atoms with Crippen molar-refractivity contribution in [2.45, 2.75) is 39.4 Å². The maximum atomic E-state index is 15.8. The molecule has 2 heterocycles. The van der Waals surface area contributed by atoms with Crippen LogP contribution in [0.15, 0.2) is 48.0 Å². The van der Waals surface area contributed by atoms with E-state index in [0.717, 1.165) is 11.1 Å². The zero-order chi connectivity index (χ0) is 26.1. The second-order valence-corrected chi connectivity index (χ2v) is 11.2. The lowest BCUT2D eigenvalue weighted by Gasteiger charge is -2.24. The van der Waals surface area contributed by atoms with Crippen LogP contribution in [0.5, 0.6) is 5.75 Å². The predicted octanol–water partition coefficient (Wildman–Crippen LogP) is 3.61. The number of nitrogens with zero attached hydrogens (tertiary/aromatic N) is 2. The van der Waals surface area contributed by atoms with E-state index < -0.39 is 40.2 Å². The highest BCUT2D eigenvalue weighted by molar-refractivity contribution is 7.92. The average molecular weight is 518 g/mol. The molecule has 1 N–H and O–H groups in total. The number of carbonyl (C=O) groups is 2. The summed E-state index contributed by atoms with van der Waals surface area (Å²) in [6.45, 7) is 5.54. The van der Waals surface area contributed by atoms with Gasteiger partial charge in [0.25, 0.3) is 5.91 Å². The molecule has 36 heavy (non-hydrogen) atoms. The molecule has 2 aromatic carbocycles.